The molecule has 2 aliphatic rings. The van der Waals surface area contributed by atoms with E-state index in [-0.39, 0.29) is 11.7 Å². The van der Waals surface area contributed by atoms with E-state index in [1.807, 2.05) is 19.0 Å². The highest BCUT2D eigenvalue weighted by Crippen LogP contribution is 2.36. The van der Waals surface area contributed by atoms with Crippen LogP contribution in [0.2, 0.25) is 0 Å². The van der Waals surface area contributed by atoms with Gasteiger partial charge in [0.05, 0.1) is 29.1 Å². The third kappa shape index (κ3) is 6.66. The number of aromatic nitrogens is 1. The van der Waals surface area contributed by atoms with Gasteiger partial charge in [0.15, 0.2) is 0 Å². The molecule has 42 heavy (non-hydrogen) atoms. The third-order valence-electron chi connectivity index (χ3n) is 7.87. The van der Waals surface area contributed by atoms with E-state index in [2.05, 4.69) is 20.1 Å². The molecule has 2 saturated heterocycles. The summed E-state index contributed by atoms with van der Waals surface area (Å²) in [6.45, 7) is 4.70. The van der Waals surface area contributed by atoms with Crippen molar-refractivity contribution in [2.24, 2.45) is 0 Å². The third-order valence-corrected chi connectivity index (χ3v) is 7.87. The molecule has 224 valence electrons. The van der Waals surface area contributed by atoms with E-state index < -0.39 is 34.6 Å². The molecule has 3 aromatic rings. The van der Waals surface area contributed by atoms with Gasteiger partial charge in [-0.15, -0.1) is 0 Å². The molecule has 0 bridgehead atoms. The van der Waals surface area contributed by atoms with Crippen LogP contribution >= 0.6 is 0 Å². The smallest absolute Gasteiger partial charge is 0.380 e. The minimum Gasteiger partial charge on any atom is -0.380 e. The Balaban J connectivity index is 1.50. The highest BCUT2D eigenvalue weighted by molar-refractivity contribution is 6.07. The van der Waals surface area contributed by atoms with Crippen LogP contribution in [-0.4, -0.2) is 80.2 Å². The molecule has 8 nitrogen and oxygen atoms in total. The van der Waals surface area contributed by atoms with Gasteiger partial charge in [-0.05, 0) is 55.9 Å². The molecular weight excluding hydrogens is 554 g/mol. The van der Waals surface area contributed by atoms with Crippen LogP contribution in [0.3, 0.4) is 0 Å². The maximum atomic E-state index is 15.2. The average molecular weight is 588 g/mol. The number of rotatable bonds is 7. The molecule has 1 unspecified atom stereocenters. The lowest BCUT2D eigenvalue weighted by molar-refractivity contribution is -0.138. The fraction of sp³-hybridized carbons (Fsp3) is 0.400. The van der Waals surface area contributed by atoms with Gasteiger partial charge in [-0.25, -0.2) is 4.39 Å². The summed E-state index contributed by atoms with van der Waals surface area (Å²) in [5.74, 6) is -1.50. The summed E-state index contributed by atoms with van der Waals surface area (Å²) in [5, 5.41) is 2.62. The molecule has 1 aromatic heterocycles. The van der Waals surface area contributed by atoms with Crippen molar-refractivity contribution in [3.63, 3.8) is 0 Å². The summed E-state index contributed by atoms with van der Waals surface area (Å²) >= 11 is 0. The molecule has 0 saturated carbocycles. The number of aromatic amines is 1. The first-order chi connectivity index (χ1) is 20.0. The predicted octanol–water partition coefficient (Wildman–Crippen LogP) is 4.42. The number of benzene rings is 2. The summed E-state index contributed by atoms with van der Waals surface area (Å²) < 4.78 is 61.7. The van der Waals surface area contributed by atoms with Gasteiger partial charge < -0.3 is 24.8 Å². The van der Waals surface area contributed by atoms with Crippen molar-refractivity contribution >= 4 is 17.3 Å². The molecule has 2 N–H and O–H groups in total. The molecular formula is C30H33F4N5O3. The lowest BCUT2D eigenvalue weighted by Crippen LogP contribution is -2.44. The van der Waals surface area contributed by atoms with Crippen molar-refractivity contribution in [3.8, 4) is 11.1 Å². The first-order valence-corrected chi connectivity index (χ1v) is 13.7. The van der Waals surface area contributed by atoms with Gasteiger partial charge in [0.25, 0.3) is 5.91 Å². The van der Waals surface area contributed by atoms with Gasteiger partial charge in [0.2, 0.25) is 5.56 Å². The molecule has 1 amide bonds. The number of pyridine rings is 1. The predicted molar refractivity (Wildman–Crippen MR) is 152 cm³/mol. The van der Waals surface area contributed by atoms with Gasteiger partial charge in [0.1, 0.15) is 5.82 Å². The molecule has 2 aliphatic heterocycles. The second kappa shape index (κ2) is 12.2. The van der Waals surface area contributed by atoms with Crippen LogP contribution in [0.25, 0.3) is 11.1 Å². The van der Waals surface area contributed by atoms with E-state index in [1.54, 1.807) is 30.3 Å². The monoisotopic (exact) mass is 587 g/mol. The lowest BCUT2D eigenvalue weighted by atomic mass is 10.00. The van der Waals surface area contributed by atoms with Crippen molar-refractivity contribution < 1.29 is 27.1 Å². The SMILES string of the molecule is CN1CCN(c2ccc(-c3cc(CN(C)C4CCOC4)ccc3F)cc2NC(=O)c2c[nH]c(=O)cc2C(F)(F)F)CC1. The van der Waals surface area contributed by atoms with Gasteiger partial charge in [0, 0.05) is 63.2 Å². The topological polar surface area (TPSA) is 80.9 Å². The van der Waals surface area contributed by atoms with Crippen LogP contribution in [-0.2, 0) is 17.5 Å². The normalized spacial score (nSPS) is 18.1. The average Bonchev–Trinajstić information content (AvgIpc) is 3.50. The standard InChI is InChI=1S/C30H33F4N5O3/c1-37-8-10-39(11-9-37)27-6-4-20(22-13-19(3-5-25(22)31)17-38(2)21-7-12-42-18-21)14-26(27)36-29(41)23-16-35-28(40)15-24(23)30(32,33)34/h3-6,13-16,21H,7-12,17-18H2,1-2H3,(H,35,40)(H,36,41). The van der Waals surface area contributed by atoms with E-state index in [9.17, 15) is 22.8 Å². The molecule has 3 heterocycles. The number of halogens is 4. The summed E-state index contributed by atoms with van der Waals surface area (Å²) in [6.07, 6.45) is -3.23. The number of alkyl halides is 3. The molecule has 2 fully saturated rings. The number of likely N-dealkylation sites (N-methyl/N-ethyl adjacent to an activating group) is 2. The summed E-state index contributed by atoms with van der Waals surface area (Å²) in [4.78, 5) is 33.4. The van der Waals surface area contributed by atoms with Crippen LogP contribution < -0.4 is 15.8 Å². The van der Waals surface area contributed by atoms with E-state index >= 15 is 4.39 Å². The number of nitrogens with one attached hydrogen (secondary N) is 2. The molecule has 1 atom stereocenters. The van der Waals surface area contributed by atoms with Gasteiger partial charge in [-0.2, -0.15) is 13.2 Å². The van der Waals surface area contributed by atoms with Crippen molar-refractivity contribution in [1.82, 2.24) is 14.8 Å². The highest BCUT2D eigenvalue weighted by atomic mass is 19.4. The van der Waals surface area contributed by atoms with Gasteiger partial charge in [-0.3, -0.25) is 14.5 Å². The molecule has 0 radical (unpaired) electrons. The van der Waals surface area contributed by atoms with E-state index in [1.165, 1.54) is 6.07 Å². The Morgan fingerprint density at radius 3 is 2.57 bits per heavy atom. The van der Waals surface area contributed by atoms with Crippen molar-refractivity contribution in [2.75, 3.05) is 63.7 Å². The Bertz CT molecular complexity index is 1490. The first-order valence-electron chi connectivity index (χ1n) is 13.7. The van der Waals surface area contributed by atoms with E-state index in [4.69, 9.17) is 4.74 Å². The fourth-order valence-electron chi connectivity index (χ4n) is 5.39. The van der Waals surface area contributed by atoms with Gasteiger partial charge >= 0.3 is 6.18 Å². The second-order valence-electron chi connectivity index (χ2n) is 10.8. The number of hydrogen-bond acceptors (Lipinski definition) is 6. The fourth-order valence-corrected chi connectivity index (χ4v) is 5.39. The summed E-state index contributed by atoms with van der Waals surface area (Å²) in [7, 11) is 3.98. The number of H-pyrrole nitrogens is 1. The number of piperazine rings is 1. The van der Waals surface area contributed by atoms with Crippen LogP contribution in [0, 0.1) is 5.82 Å². The maximum absolute atomic E-state index is 15.2. The zero-order valence-corrected chi connectivity index (χ0v) is 23.4. The number of carbonyl (C=O) groups excluding carboxylic acids is 1. The zero-order valence-electron chi connectivity index (χ0n) is 23.4. The number of amides is 1. The number of ether oxygens (including phenoxy) is 1. The number of carbonyl (C=O) groups is 1. The summed E-state index contributed by atoms with van der Waals surface area (Å²) in [5.41, 5.74) is -0.517. The highest BCUT2D eigenvalue weighted by Gasteiger charge is 2.36. The van der Waals surface area contributed by atoms with Crippen molar-refractivity contribution in [3.05, 3.63) is 81.5 Å². The molecule has 2 aromatic carbocycles. The zero-order chi connectivity index (χ0) is 30.0. The minimum atomic E-state index is -4.91. The van der Waals surface area contributed by atoms with E-state index in [0.29, 0.717) is 55.7 Å². The Labute approximate surface area is 240 Å². The van der Waals surface area contributed by atoms with Crippen molar-refractivity contribution in [1.29, 1.82) is 0 Å². The lowest BCUT2D eigenvalue weighted by Gasteiger charge is -2.35. The Hall–Kier alpha value is -3.74. The molecule has 0 aliphatic carbocycles. The molecule has 12 heteroatoms. The summed E-state index contributed by atoms with van der Waals surface area (Å²) in [6, 6.07) is 10.6. The molecule has 5 rings (SSSR count). The first kappa shape index (κ1) is 29.7. The Kier molecular flexibility index (Phi) is 8.67. The Morgan fingerprint density at radius 1 is 1.12 bits per heavy atom. The Morgan fingerprint density at radius 2 is 1.88 bits per heavy atom. The second-order valence-corrected chi connectivity index (χ2v) is 10.8. The molecule has 0 spiro atoms. The largest absolute Gasteiger partial charge is 0.417 e. The van der Waals surface area contributed by atoms with Crippen LogP contribution in [0.15, 0.2) is 53.5 Å². The van der Waals surface area contributed by atoms with Crippen molar-refractivity contribution in [2.45, 2.75) is 25.2 Å². The maximum Gasteiger partial charge on any atom is 0.417 e. The number of hydrogen-bond donors (Lipinski definition) is 2. The van der Waals surface area contributed by atoms with Crippen LogP contribution in [0.4, 0.5) is 28.9 Å². The number of nitrogens with zero attached hydrogens (tertiary/aromatic N) is 3. The quantitative estimate of drug-likeness (QED) is 0.399. The van der Waals surface area contributed by atoms with Crippen LogP contribution in [0.1, 0.15) is 27.9 Å². The van der Waals surface area contributed by atoms with Gasteiger partial charge in [-0.1, -0.05) is 12.1 Å². The van der Waals surface area contributed by atoms with E-state index in [0.717, 1.165) is 31.3 Å². The van der Waals surface area contributed by atoms with Crippen LogP contribution in [0.5, 0.6) is 0 Å². The number of anilines is 2. The minimum absolute atomic E-state index is 0.242.